The molecule has 0 saturated heterocycles. The molecule has 1 aliphatic rings. The fraction of sp³-hybridized carbons (Fsp3) is 0.263. The first-order valence-corrected chi connectivity index (χ1v) is 8.04. The van der Waals surface area contributed by atoms with Crippen molar-refractivity contribution in [1.29, 1.82) is 0 Å². The van der Waals surface area contributed by atoms with Gasteiger partial charge in [0.1, 0.15) is 5.75 Å². The summed E-state index contributed by atoms with van der Waals surface area (Å²) in [6.45, 7) is 0.432. The number of carbonyl (C=O) groups excluding carboxylic acids is 1. The smallest absolute Gasteiger partial charge is 0.341 e. The van der Waals surface area contributed by atoms with E-state index in [0.29, 0.717) is 18.9 Å². The first kappa shape index (κ1) is 17.0. The summed E-state index contributed by atoms with van der Waals surface area (Å²) in [7, 11) is 0. The Morgan fingerprint density at radius 2 is 2.04 bits per heavy atom. The van der Waals surface area contributed by atoms with E-state index in [1.54, 1.807) is 18.2 Å². The predicted octanol–water partition coefficient (Wildman–Crippen LogP) is 2.08. The number of hydrogen-bond donors (Lipinski definition) is 2. The van der Waals surface area contributed by atoms with Crippen LogP contribution in [0.4, 0.5) is 0 Å². The maximum absolute atomic E-state index is 12.5. The minimum Gasteiger partial charge on any atom is -0.482 e. The number of carboxylic acids is 1. The molecule has 25 heavy (non-hydrogen) atoms. The van der Waals surface area contributed by atoms with Crippen LogP contribution in [-0.4, -0.2) is 30.2 Å². The fourth-order valence-electron chi connectivity index (χ4n) is 2.78. The summed E-state index contributed by atoms with van der Waals surface area (Å²) in [5, 5.41) is 11.5. The highest BCUT2D eigenvalue weighted by Crippen LogP contribution is 2.27. The second-order valence-electron chi connectivity index (χ2n) is 5.75. The third kappa shape index (κ3) is 4.36. The number of carbonyl (C=O) groups is 2. The Labute approximate surface area is 145 Å². The van der Waals surface area contributed by atoms with Gasteiger partial charge in [-0.1, -0.05) is 36.4 Å². The van der Waals surface area contributed by atoms with E-state index in [-0.39, 0.29) is 5.91 Å². The van der Waals surface area contributed by atoms with Gasteiger partial charge in [0, 0.05) is 6.54 Å². The summed E-state index contributed by atoms with van der Waals surface area (Å²) in [4.78, 5) is 23.0. The topological polar surface area (TPSA) is 84.9 Å². The quantitative estimate of drug-likeness (QED) is 0.840. The van der Waals surface area contributed by atoms with Crippen molar-refractivity contribution in [3.05, 3.63) is 65.2 Å². The highest BCUT2D eigenvalue weighted by molar-refractivity contribution is 5.82. The number of benzene rings is 2. The highest BCUT2D eigenvalue weighted by Gasteiger charge is 2.26. The fourth-order valence-corrected chi connectivity index (χ4v) is 2.78. The van der Waals surface area contributed by atoms with E-state index in [2.05, 4.69) is 5.32 Å². The molecule has 3 rings (SSSR count). The van der Waals surface area contributed by atoms with Crippen molar-refractivity contribution >= 4 is 11.9 Å². The van der Waals surface area contributed by atoms with Gasteiger partial charge in [0.05, 0.1) is 6.61 Å². The Balaban J connectivity index is 1.61. The van der Waals surface area contributed by atoms with Gasteiger partial charge >= 0.3 is 5.97 Å². The molecule has 1 atom stereocenters. The standard InChI is InChI=1S/C19H19NO5/c21-17(22)12-25-15-6-3-4-13(10-15)11-20-19(23)18-16-7-2-1-5-14(16)8-9-24-18/h1-7,10,18H,8-9,11-12H2,(H,20,23)(H,21,22). The van der Waals surface area contributed by atoms with E-state index in [0.717, 1.165) is 23.1 Å². The van der Waals surface area contributed by atoms with E-state index in [1.165, 1.54) is 0 Å². The van der Waals surface area contributed by atoms with Crippen LogP contribution in [0, 0.1) is 0 Å². The summed E-state index contributed by atoms with van der Waals surface area (Å²) >= 11 is 0. The van der Waals surface area contributed by atoms with Crippen LogP contribution < -0.4 is 10.1 Å². The van der Waals surface area contributed by atoms with Gasteiger partial charge < -0.3 is 19.9 Å². The molecule has 0 aromatic heterocycles. The second kappa shape index (κ2) is 7.81. The molecule has 1 amide bonds. The molecule has 6 nitrogen and oxygen atoms in total. The molecule has 2 aromatic rings. The molecule has 0 bridgehead atoms. The zero-order chi connectivity index (χ0) is 17.6. The van der Waals surface area contributed by atoms with Crippen LogP contribution in [0.1, 0.15) is 22.8 Å². The van der Waals surface area contributed by atoms with Crippen molar-refractivity contribution in [2.45, 2.75) is 19.1 Å². The normalized spacial score (nSPS) is 15.9. The molecule has 0 radical (unpaired) electrons. The van der Waals surface area contributed by atoms with Crippen LogP contribution in [0.15, 0.2) is 48.5 Å². The van der Waals surface area contributed by atoms with Gasteiger partial charge in [-0.05, 0) is 35.2 Å². The number of aliphatic carboxylic acids is 1. The third-order valence-corrected chi connectivity index (χ3v) is 3.96. The monoisotopic (exact) mass is 341 g/mol. The maximum Gasteiger partial charge on any atom is 0.341 e. The molecule has 6 heteroatoms. The molecule has 1 unspecified atom stereocenters. The SMILES string of the molecule is O=C(O)COc1cccc(CNC(=O)C2OCCc3ccccc32)c1. The first-order chi connectivity index (χ1) is 12.1. The van der Waals surface area contributed by atoms with E-state index >= 15 is 0 Å². The van der Waals surface area contributed by atoms with Crippen molar-refractivity contribution in [2.75, 3.05) is 13.2 Å². The average molecular weight is 341 g/mol. The number of nitrogens with one attached hydrogen (secondary N) is 1. The lowest BCUT2D eigenvalue weighted by Crippen LogP contribution is -2.33. The largest absolute Gasteiger partial charge is 0.482 e. The Bertz CT molecular complexity index is 774. The van der Waals surface area contributed by atoms with E-state index in [1.807, 2.05) is 30.3 Å². The summed E-state index contributed by atoms with van der Waals surface area (Å²) in [5.41, 5.74) is 2.86. The molecule has 1 aliphatic heterocycles. The number of amides is 1. The number of carboxylic acid groups (broad SMARTS) is 1. The maximum atomic E-state index is 12.5. The van der Waals surface area contributed by atoms with E-state index in [4.69, 9.17) is 14.6 Å². The minimum absolute atomic E-state index is 0.191. The Morgan fingerprint density at radius 3 is 2.88 bits per heavy atom. The molecule has 2 N–H and O–H groups in total. The molecular weight excluding hydrogens is 322 g/mol. The molecular formula is C19H19NO5. The molecule has 0 aliphatic carbocycles. The molecule has 130 valence electrons. The molecule has 0 spiro atoms. The number of fused-ring (bicyclic) bond motifs is 1. The first-order valence-electron chi connectivity index (χ1n) is 8.04. The second-order valence-corrected chi connectivity index (χ2v) is 5.75. The summed E-state index contributed by atoms with van der Waals surface area (Å²) in [5.74, 6) is -0.774. The van der Waals surface area contributed by atoms with Gasteiger partial charge in [-0.2, -0.15) is 0 Å². The Kier molecular flexibility index (Phi) is 5.30. The molecule has 2 aromatic carbocycles. The van der Waals surface area contributed by atoms with Gasteiger partial charge in [-0.3, -0.25) is 4.79 Å². The number of ether oxygens (including phenoxy) is 2. The average Bonchev–Trinajstić information content (AvgIpc) is 2.64. The van der Waals surface area contributed by atoms with Crippen LogP contribution in [0.3, 0.4) is 0 Å². The third-order valence-electron chi connectivity index (χ3n) is 3.96. The van der Waals surface area contributed by atoms with Crippen molar-refractivity contribution in [3.8, 4) is 5.75 Å². The lowest BCUT2D eigenvalue weighted by atomic mass is 9.97. The van der Waals surface area contributed by atoms with Crippen LogP contribution in [-0.2, 0) is 27.3 Å². The van der Waals surface area contributed by atoms with E-state index < -0.39 is 18.7 Å². The van der Waals surface area contributed by atoms with Crippen LogP contribution in [0.2, 0.25) is 0 Å². The van der Waals surface area contributed by atoms with Gasteiger partial charge in [-0.15, -0.1) is 0 Å². The van der Waals surface area contributed by atoms with Crippen LogP contribution in [0.5, 0.6) is 5.75 Å². The lowest BCUT2D eigenvalue weighted by Gasteiger charge is -2.25. The zero-order valence-electron chi connectivity index (χ0n) is 13.6. The highest BCUT2D eigenvalue weighted by atomic mass is 16.5. The van der Waals surface area contributed by atoms with Crippen LogP contribution >= 0.6 is 0 Å². The van der Waals surface area contributed by atoms with Gasteiger partial charge in [-0.25, -0.2) is 4.79 Å². The molecule has 1 heterocycles. The molecule has 0 saturated carbocycles. The lowest BCUT2D eigenvalue weighted by molar-refractivity contribution is -0.139. The van der Waals surface area contributed by atoms with Crippen molar-refractivity contribution in [1.82, 2.24) is 5.32 Å². The summed E-state index contributed by atoms with van der Waals surface area (Å²) in [6.07, 6.45) is 0.208. The zero-order valence-corrected chi connectivity index (χ0v) is 13.6. The number of rotatable bonds is 6. The number of hydrogen-bond acceptors (Lipinski definition) is 4. The summed E-state index contributed by atoms with van der Waals surface area (Å²) in [6, 6.07) is 14.8. The Morgan fingerprint density at radius 1 is 1.20 bits per heavy atom. The van der Waals surface area contributed by atoms with Crippen LogP contribution in [0.25, 0.3) is 0 Å². The Hall–Kier alpha value is -2.86. The summed E-state index contributed by atoms with van der Waals surface area (Å²) < 4.78 is 10.8. The molecule has 0 fully saturated rings. The minimum atomic E-state index is -1.04. The van der Waals surface area contributed by atoms with Gasteiger partial charge in [0.2, 0.25) is 0 Å². The van der Waals surface area contributed by atoms with Crippen molar-refractivity contribution < 1.29 is 24.2 Å². The van der Waals surface area contributed by atoms with Gasteiger partial charge in [0.15, 0.2) is 12.7 Å². The van der Waals surface area contributed by atoms with E-state index in [9.17, 15) is 9.59 Å². The van der Waals surface area contributed by atoms with Crippen molar-refractivity contribution in [3.63, 3.8) is 0 Å². The predicted molar refractivity (Wildman–Crippen MR) is 90.3 cm³/mol. The van der Waals surface area contributed by atoms with Gasteiger partial charge in [0.25, 0.3) is 5.91 Å². The van der Waals surface area contributed by atoms with Crippen molar-refractivity contribution in [2.24, 2.45) is 0 Å².